The van der Waals surface area contributed by atoms with Gasteiger partial charge in [0, 0.05) is 48.3 Å². The number of hydrogen-bond donors (Lipinski definition) is 4. The Morgan fingerprint density at radius 3 is 2.27 bits per heavy atom. The van der Waals surface area contributed by atoms with Crippen LogP contribution in [0, 0.1) is 16.7 Å². The molecule has 2 bridgehead atoms. The number of fused-ring (bicyclic) bond motifs is 5. The number of benzene rings is 2. The summed E-state index contributed by atoms with van der Waals surface area (Å²) in [5, 5.41) is 43.7. The summed E-state index contributed by atoms with van der Waals surface area (Å²) < 4.78 is 30.2. The van der Waals surface area contributed by atoms with E-state index in [4.69, 9.17) is 29.2 Å². The Bertz CT molecular complexity index is 2320. The smallest absolute Gasteiger partial charge is 0.338 e. The Morgan fingerprint density at radius 2 is 1.68 bits per heavy atom. The Kier molecular flexibility index (Phi) is 12.8. The third-order valence-electron chi connectivity index (χ3n) is 13.5. The van der Waals surface area contributed by atoms with Gasteiger partial charge < -0.3 is 44.3 Å². The van der Waals surface area contributed by atoms with E-state index in [-0.39, 0.29) is 35.4 Å². The van der Waals surface area contributed by atoms with Gasteiger partial charge >= 0.3 is 23.9 Å². The number of aliphatic hydroxyl groups is 3. The van der Waals surface area contributed by atoms with E-state index in [2.05, 4.69) is 15.3 Å². The highest BCUT2D eigenvalue weighted by molar-refractivity contribution is 5.96. The number of Topliss-reactive ketones (excluding diaryl/α,β-unsaturated/α-hetero) is 1. The summed E-state index contributed by atoms with van der Waals surface area (Å²) in [6, 6.07) is 12.3. The van der Waals surface area contributed by atoms with Gasteiger partial charge in [0.2, 0.25) is 5.91 Å². The van der Waals surface area contributed by atoms with Gasteiger partial charge in [0.1, 0.15) is 23.9 Å². The third kappa shape index (κ3) is 7.90. The van der Waals surface area contributed by atoms with Crippen LogP contribution in [0.25, 0.3) is 10.4 Å². The molecule has 0 spiro atoms. The zero-order chi connectivity index (χ0) is 46.4. The highest BCUT2D eigenvalue weighted by atomic mass is 16.6. The first kappa shape index (κ1) is 46.6. The van der Waals surface area contributed by atoms with Gasteiger partial charge in [0.25, 0.3) is 0 Å². The van der Waals surface area contributed by atoms with Crippen molar-refractivity contribution in [2.45, 2.75) is 122 Å². The lowest BCUT2D eigenvalue weighted by molar-refractivity contribution is -0.346. The molecule has 1 unspecified atom stereocenters. The number of rotatable bonds is 11. The van der Waals surface area contributed by atoms with Crippen LogP contribution >= 0.6 is 0 Å². The fraction of sp³-hybridized carbons (Fsp3) is 0.511. The van der Waals surface area contributed by atoms with Gasteiger partial charge in [0.05, 0.1) is 35.6 Å². The molecule has 0 aromatic heterocycles. The predicted octanol–water partition coefficient (Wildman–Crippen LogP) is 4.33. The number of nitrogens with zero attached hydrogens (tertiary/aromatic N) is 3. The van der Waals surface area contributed by atoms with E-state index in [1.54, 1.807) is 50.3 Å². The maximum atomic E-state index is 15.5. The van der Waals surface area contributed by atoms with Crippen molar-refractivity contribution in [3.63, 3.8) is 0 Å². The minimum absolute atomic E-state index is 0.0414. The van der Waals surface area contributed by atoms with Crippen LogP contribution in [-0.2, 0) is 47.7 Å². The van der Waals surface area contributed by atoms with Crippen LogP contribution in [0.4, 0.5) is 5.69 Å². The number of carbonyl (C=O) groups is 6. The fourth-order valence-corrected chi connectivity index (χ4v) is 9.93. The fourth-order valence-electron chi connectivity index (χ4n) is 9.93. The van der Waals surface area contributed by atoms with Gasteiger partial charge in [-0.25, -0.2) is 9.59 Å². The van der Waals surface area contributed by atoms with E-state index >= 15 is 4.79 Å². The highest BCUT2D eigenvalue weighted by Crippen LogP contribution is 2.64. The van der Waals surface area contributed by atoms with Gasteiger partial charge in [0.15, 0.2) is 23.6 Å². The first-order chi connectivity index (χ1) is 29.6. The number of carbonyl (C=O) groups excluding carboxylic acids is 6. The monoisotopic (exact) mass is 872 g/mol. The largest absolute Gasteiger partial charge is 0.456 e. The molecule has 18 heteroatoms. The number of hydrogen-bond acceptors (Lipinski definition) is 15. The number of esters is 4. The quantitative estimate of drug-likeness (QED) is 0.0466. The molecule has 3 aliphatic carbocycles. The highest BCUT2D eigenvalue weighted by Gasteiger charge is 2.78. The molecule has 2 aromatic carbocycles. The van der Waals surface area contributed by atoms with E-state index < -0.39 is 113 Å². The minimum atomic E-state index is -2.47. The number of ether oxygens (including phenoxy) is 5. The van der Waals surface area contributed by atoms with Crippen molar-refractivity contribution < 1.29 is 67.8 Å². The van der Waals surface area contributed by atoms with Crippen molar-refractivity contribution in [1.29, 1.82) is 0 Å². The molecule has 1 saturated heterocycles. The Balaban J connectivity index is 1.57. The molecule has 0 radical (unpaired) electrons. The maximum Gasteiger partial charge on any atom is 0.338 e. The summed E-state index contributed by atoms with van der Waals surface area (Å²) in [7, 11) is 0. The van der Waals surface area contributed by atoms with Crippen LogP contribution < -0.4 is 5.32 Å². The average molecular weight is 873 g/mol. The summed E-state index contributed by atoms with van der Waals surface area (Å²) in [6.45, 7) is 10.9. The summed E-state index contributed by atoms with van der Waals surface area (Å²) in [5.74, 6) is -7.21. The molecule has 63 heavy (non-hydrogen) atoms. The normalized spacial score (nSPS) is 31.7. The van der Waals surface area contributed by atoms with Crippen molar-refractivity contribution in [1.82, 2.24) is 5.32 Å². The lowest BCUT2D eigenvalue weighted by Gasteiger charge is -2.67. The minimum Gasteiger partial charge on any atom is -0.456 e. The molecule has 1 heterocycles. The van der Waals surface area contributed by atoms with Crippen molar-refractivity contribution in [2.75, 3.05) is 6.61 Å². The summed E-state index contributed by atoms with van der Waals surface area (Å²) in [5.41, 5.74) is 1.56. The second-order valence-corrected chi connectivity index (χ2v) is 17.3. The summed E-state index contributed by atoms with van der Waals surface area (Å²) in [6.07, 6.45) is -9.37. The molecular formula is C45H52N4O14. The lowest BCUT2D eigenvalue weighted by atomic mass is 9.44. The maximum absolute atomic E-state index is 15.5. The van der Waals surface area contributed by atoms with E-state index in [1.807, 2.05) is 0 Å². The summed E-state index contributed by atoms with van der Waals surface area (Å²) in [4.78, 5) is 86.1. The molecule has 18 nitrogen and oxygen atoms in total. The molecule has 6 rings (SSSR count). The topological polar surface area (TPSA) is 270 Å². The van der Waals surface area contributed by atoms with Crippen LogP contribution in [0.15, 0.2) is 82.5 Å². The second kappa shape index (κ2) is 17.3. The van der Waals surface area contributed by atoms with E-state index in [9.17, 15) is 39.3 Å². The Hall–Kier alpha value is -5.91. The molecule has 2 saturated carbocycles. The number of amides is 1. The Labute approximate surface area is 363 Å². The van der Waals surface area contributed by atoms with Gasteiger partial charge in [-0.3, -0.25) is 19.2 Å². The van der Waals surface area contributed by atoms with Gasteiger partial charge in [-0.1, -0.05) is 67.5 Å². The zero-order valence-electron chi connectivity index (χ0n) is 36.2. The van der Waals surface area contributed by atoms with Crippen LogP contribution in [0.3, 0.4) is 0 Å². The van der Waals surface area contributed by atoms with Gasteiger partial charge in [-0.2, -0.15) is 0 Å². The number of allylic oxidation sites excluding steroid dienone is 1. The predicted molar refractivity (Wildman–Crippen MR) is 220 cm³/mol. The van der Waals surface area contributed by atoms with Crippen LogP contribution in [0.2, 0.25) is 0 Å². The molecular weight excluding hydrogens is 821 g/mol. The van der Waals surface area contributed by atoms with Crippen molar-refractivity contribution >= 4 is 41.3 Å². The number of ketones is 1. The first-order valence-electron chi connectivity index (χ1n) is 20.5. The van der Waals surface area contributed by atoms with Crippen LogP contribution in [0.5, 0.6) is 0 Å². The number of aliphatic hydroxyl groups excluding tert-OH is 2. The zero-order valence-corrected chi connectivity index (χ0v) is 36.2. The molecule has 336 valence electrons. The molecule has 4 aliphatic rings. The van der Waals surface area contributed by atoms with Crippen molar-refractivity contribution in [3.05, 3.63) is 99.0 Å². The standard InChI is InChI=1S/C45H52N4O14/c1-9-22(2)39(55)47-33(26-14-11-10-12-15-26)34(53)41(57)61-29-20-45(58)38(62-40(56)27-16-13-17-28(18-27)48-49-46)36-43(8,30(52)19-31-44(36,21-59-31)63-25(5)51)37(54)35(60-24(4)50)32(23(29)3)42(45,6)7/h9-18,29-31,33-36,38,52-53,58H,19-21H2,1-8H3,(H,47,55)/b22-9+/t29-,30-,31+,33-,34+,35+,36?,38-,43+,44-,45+/m0/s1. The third-order valence-corrected chi connectivity index (χ3v) is 13.5. The number of azide groups is 1. The van der Waals surface area contributed by atoms with Crippen LogP contribution in [0.1, 0.15) is 90.2 Å². The second-order valence-electron chi connectivity index (χ2n) is 17.3. The SMILES string of the molecule is C/C=C(\C)C(=O)N[C@@H](c1ccccc1)[C@@H](O)C(=O)O[C@H]1C[C@@]2(O)[C@@H](OC(=O)c3cccc(N=[N+]=[N-])c3)C3[C@](C)(C(=O)[C@H](OC(C)=O)C(=C1C)C2(C)C)[C@@H](O)C[C@H]1OC[C@@]31OC(C)=O. The van der Waals surface area contributed by atoms with E-state index in [0.29, 0.717) is 11.1 Å². The lowest BCUT2D eigenvalue weighted by Crippen LogP contribution is -2.82. The van der Waals surface area contributed by atoms with Crippen molar-refractivity contribution in [2.24, 2.45) is 21.9 Å². The number of nitrogens with one attached hydrogen (secondary N) is 1. The molecule has 2 aromatic rings. The molecule has 1 aliphatic heterocycles. The molecule has 11 atom stereocenters. The van der Waals surface area contributed by atoms with E-state index in [0.717, 1.165) is 13.8 Å². The van der Waals surface area contributed by atoms with Gasteiger partial charge in [-0.15, -0.1) is 0 Å². The molecule has 3 fully saturated rings. The summed E-state index contributed by atoms with van der Waals surface area (Å²) >= 11 is 0. The van der Waals surface area contributed by atoms with E-state index in [1.165, 1.54) is 52.0 Å². The molecule has 1 amide bonds. The van der Waals surface area contributed by atoms with Gasteiger partial charge in [-0.05, 0) is 62.1 Å². The van der Waals surface area contributed by atoms with Crippen LogP contribution in [-0.4, -0.2) is 105 Å². The Morgan fingerprint density at radius 1 is 1.00 bits per heavy atom. The molecule has 4 N–H and O–H groups in total. The first-order valence-corrected chi connectivity index (χ1v) is 20.5. The van der Waals surface area contributed by atoms with Crippen molar-refractivity contribution in [3.8, 4) is 0 Å². The average Bonchev–Trinajstić information content (AvgIpc) is 3.23.